The van der Waals surface area contributed by atoms with Crippen molar-refractivity contribution in [2.24, 2.45) is 5.73 Å². The summed E-state index contributed by atoms with van der Waals surface area (Å²) < 4.78 is 19.8. The lowest BCUT2D eigenvalue weighted by Crippen LogP contribution is -2.20. The molecule has 1 heterocycles. The van der Waals surface area contributed by atoms with E-state index >= 15 is 0 Å². The summed E-state index contributed by atoms with van der Waals surface area (Å²) in [6.45, 7) is 0.379. The standard InChI is InChI=1S/C13H14BrFN2OS/c1-18-9-2-3-10(15)11(5-9)17-12(6-16)13-4-8(14)7-19-13/h2-5,7,12,17H,6,16H2,1H3. The number of rotatable bonds is 5. The van der Waals surface area contributed by atoms with Gasteiger partial charge in [-0.3, -0.25) is 0 Å². The Bertz CT molecular complexity index is 561. The first kappa shape index (κ1) is 14.3. The van der Waals surface area contributed by atoms with Crippen LogP contribution in [0.15, 0.2) is 34.1 Å². The van der Waals surface area contributed by atoms with Crippen molar-refractivity contribution in [3.05, 3.63) is 44.8 Å². The Balaban J connectivity index is 2.23. The van der Waals surface area contributed by atoms with Crippen molar-refractivity contribution in [1.82, 2.24) is 0 Å². The molecular weight excluding hydrogens is 331 g/mol. The van der Waals surface area contributed by atoms with Gasteiger partial charge in [0.2, 0.25) is 0 Å². The molecule has 0 aliphatic heterocycles. The van der Waals surface area contributed by atoms with Crippen molar-refractivity contribution >= 4 is 33.0 Å². The summed E-state index contributed by atoms with van der Waals surface area (Å²) in [5.41, 5.74) is 6.15. The molecule has 0 saturated carbocycles. The molecule has 3 N–H and O–H groups in total. The summed E-state index contributed by atoms with van der Waals surface area (Å²) >= 11 is 4.97. The predicted octanol–water partition coefficient (Wildman–Crippen LogP) is 3.77. The Morgan fingerprint density at radius 3 is 2.84 bits per heavy atom. The Labute approximate surface area is 123 Å². The summed E-state index contributed by atoms with van der Waals surface area (Å²) in [6, 6.07) is 6.44. The molecule has 102 valence electrons. The average molecular weight is 345 g/mol. The number of nitrogens with two attached hydrogens (primary N) is 1. The van der Waals surface area contributed by atoms with E-state index in [0.717, 1.165) is 9.35 Å². The van der Waals surface area contributed by atoms with Gasteiger partial charge in [-0.1, -0.05) is 0 Å². The van der Waals surface area contributed by atoms with Crippen molar-refractivity contribution in [2.45, 2.75) is 6.04 Å². The van der Waals surface area contributed by atoms with Crippen LogP contribution in [0, 0.1) is 5.82 Å². The maximum atomic E-state index is 13.8. The lowest BCUT2D eigenvalue weighted by Gasteiger charge is -2.17. The van der Waals surface area contributed by atoms with Crippen molar-refractivity contribution in [3.63, 3.8) is 0 Å². The molecule has 0 aliphatic rings. The zero-order valence-electron chi connectivity index (χ0n) is 10.3. The van der Waals surface area contributed by atoms with E-state index < -0.39 is 0 Å². The van der Waals surface area contributed by atoms with Gasteiger partial charge in [0.05, 0.1) is 18.8 Å². The monoisotopic (exact) mass is 344 g/mol. The molecule has 3 nitrogen and oxygen atoms in total. The number of nitrogens with one attached hydrogen (secondary N) is 1. The molecule has 1 aromatic carbocycles. The minimum absolute atomic E-state index is 0.127. The molecule has 0 amide bonds. The second-order valence-electron chi connectivity index (χ2n) is 3.95. The minimum Gasteiger partial charge on any atom is -0.497 e. The first-order chi connectivity index (χ1) is 9.13. The first-order valence-electron chi connectivity index (χ1n) is 5.68. The van der Waals surface area contributed by atoms with Gasteiger partial charge >= 0.3 is 0 Å². The van der Waals surface area contributed by atoms with Gasteiger partial charge in [-0.15, -0.1) is 11.3 Å². The molecule has 0 aliphatic carbocycles. The van der Waals surface area contributed by atoms with E-state index in [0.29, 0.717) is 18.0 Å². The van der Waals surface area contributed by atoms with Crippen LogP contribution in [0.2, 0.25) is 0 Å². The first-order valence-corrected chi connectivity index (χ1v) is 7.35. The third-order valence-corrected chi connectivity index (χ3v) is 4.48. The molecule has 2 rings (SSSR count). The fourth-order valence-corrected chi connectivity index (χ4v) is 3.20. The van der Waals surface area contributed by atoms with E-state index in [9.17, 15) is 4.39 Å². The number of methoxy groups -OCH3 is 1. The Morgan fingerprint density at radius 2 is 2.26 bits per heavy atom. The summed E-state index contributed by atoms with van der Waals surface area (Å²) in [7, 11) is 1.55. The zero-order valence-corrected chi connectivity index (χ0v) is 12.7. The molecule has 19 heavy (non-hydrogen) atoms. The topological polar surface area (TPSA) is 47.3 Å². The molecule has 1 unspecified atom stereocenters. The third-order valence-electron chi connectivity index (χ3n) is 2.67. The van der Waals surface area contributed by atoms with Crippen molar-refractivity contribution < 1.29 is 9.13 Å². The van der Waals surface area contributed by atoms with E-state index in [1.807, 2.05) is 11.4 Å². The number of hydrogen-bond donors (Lipinski definition) is 2. The molecular formula is C13H14BrFN2OS. The molecule has 6 heteroatoms. The van der Waals surface area contributed by atoms with E-state index in [1.54, 1.807) is 30.6 Å². The maximum Gasteiger partial charge on any atom is 0.146 e. The van der Waals surface area contributed by atoms with Gasteiger partial charge in [-0.05, 0) is 34.1 Å². The van der Waals surface area contributed by atoms with Crippen molar-refractivity contribution in [3.8, 4) is 5.75 Å². The molecule has 1 atom stereocenters. The number of thiophene rings is 1. The quantitative estimate of drug-likeness (QED) is 0.867. The second-order valence-corrected chi connectivity index (χ2v) is 5.80. The van der Waals surface area contributed by atoms with Gasteiger partial charge in [0.25, 0.3) is 0 Å². The van der Waals surface area contributed by atoms with E-state index in [1.165, 1.54) is 6.07 Å². The molecule has 1 aromatic heterocycles. The van der Waals surface area contributed by atoms with Crippen molar-refractivity contribution in [1.29, 1.82) is 0 Å². The third kappa shape index (κ3) is 3.46. The van der Waals surface area contributed by atoms with Gasteiger partial charge < -0.3 is 15.8 Å². The summed E-state index contributed by atoms with van der Waals surface area (Å²) in [6.07, 6.45) is 0. The van der Waals surface area contributed by atoms with Crippen LogP contribution in [0.1, 0.15) is 10.9 Å². The highest BCUT2D eigenvalue weighted by Gasteiger charge is 2.14. The Morgan fingerprint density at radius 1 is 1.47 bits per heavy atom. The summed E-state index contributed by atoms with van der Waals surface area (Å²) in [5, 5.41) is 5.08. The molecule has 0 fully saturated rings. The average Bonchev–Trinajstić information content (AvgIpc) is 2.84. The fraction of sp³-hybridized carbons (Fsp3) is 0.231. The molecule has 0 bridgehead atoms. The normalized spacial score (nSPS) is 12.2. The maximum absolute atomic E-state index is 13.8. The van der Waals surface area contributed by atoms with Crippen LogP contribution < -0.4 is 15.8 Å². The van der Waals surface area contributed by atoms with Crippen LogP contribution in [0.4, 0.5) is 10.1 Å². The fourth-order valence-electron chi connectivity index (χ4n) is 1.69. The van der Waals surface area contributed by atoms with Gasteiger partial charge in [0.1, 0.15) is 11.6 Å². The highest BCUT2D eigenvalue weighted by Crippen LogP contribution is 2.29. The van der Waals surface area contributed by atoms with Gasteiger partial charge in [-0.25, -0.2) is 4.39 Å². The number of hydrogen-bond acceptors (Lipinski definition) is 4. The van der Waals surface area contributed by atoms with E-state index in [2.05, 4.69) is 21.2 Å². The van der Waals surface area contributed by atoms with E-state index in [4.69, 9.17) is 10.5 Å². The van der Waals surface area contributed by atoms with Gasteiger partial charge in [0, 0.05) is 27.3 Å². The van der Waals surface area contributed by atoms with E-state index in [-0.39, 0.29) is 11.9 Å². The SMILES string of the molecule is COc1ccc(F)c(NC(CN)c2cc(Br)cs2)c1. The Kier molecular flexibility index (Phi) is 4.79. The van der Waals surface area contributed by atoms with Crippen LogP contribution in [0.3, 0.4) is 0 Å². The van der Waals surface area contributed by atoms with Crippen LogP contribution >= 0.6 is 27.3 Å². The highest BCUT2D eigenvalue weighted by atomic mass is 79.9. The van der Waals surface area contributed by atoms with Gasteiger partial charge in [0.15, 0.2) is 0 Å². The number of ether oxygens (including phenoxy) is 1. The van der Waals surface area contributed by atoms with Crippen LogP contribution in [-0.2, 0) is 0 Å². The van der Waals surface area contributed by atoms with Crippen molar-refractivity contribution in [2.75, 3.05) is 19.0 Å². The smallest absolute Gasteiger partial charge is 0.146 e. The van der Waals surface area contributed by atoms with Crippen LogP contribution in [0.25, 0.3) is 0 Å². The number of anilines is 1. The lowest BCUT2D eigenvalue weighted by atomic mass is 10.2. The Hall–Kier alpha value is -1.11. The largest absolute Gasteiger partial charge is 0.497 e. The summed E-state index contributed by atoms with van der Waals surface area (Å²) in [4.78, 5) is 1.05. The molecule has 0 radical (unpaired) electrons. The van der Waals surface area contributed by atoms with Crippen LogP contribution in [-0.4, -0.2) is 13.7 Å². The number of halogens is 2. The molecule has 2 aromatic rings. The van der Waals surface area contributed by atoms with Gasteiger partial charge in [-0.2, -0.15) is 0 Å². The van der Waals surface area contributed by atoms with Crippen LogP contribution in [0.5, 0.6) is 5.75 Å². The second kappa shape index (κ2) is 6.36. The highest BCUT2D eigenvalue weighted by molar-refractivity contribution is 9.10. The minimum atomic E-state index is -0.324. The number of benzene rings is 1. The summed E-state index contributed by atoms with van der Waals surface area (Å²) in [5.74, 6) is 0.280. The predicted molar refractivity (Wildman–Crippen MR) is 80.4 cm³/mol. The molecule has 0 spiro atoms. The zero-order chi connectivity index (χ0) is 13.8. The molecule has 0 saturated heterocycles. The lowest BCUT2D eigenvalue weighted by molar-refractivity contribution is 0.414.